The van der Waals surface area contributed by atoms with Crippen molar-refractivity contribution < 1.29 is 9.15 Å². The Labute approximate surface area is 143 Å². The van der Waals surface area contributed by atoms with E-state index in [1.807, 2.05) is 52.0 Å². The summed E-state index contributed by atoms with van der Waals surface area (Å²) in [5.41, 5.74) is 2.07. The van der Waals surface area contributed by atoms with E-state index in [1.54, 1.807) is 7.05 Å². The number of ether oxygens (including phenoxy) is 1. The van der Waals surface area contributed by atoms with Crippen molar-refractivity contribution in [3.63, 3.8) is 0 Å². The van der Waals surface area contributed by atoms with E-state index < -0.39 is 0 Å². The molecule has 0 saturated carbocycles. The average Bonchev–Trinajstić information content (AvgIpc) is 2.87. The molecule has 0 unspecified atom stereocenters. The van der Waals surface area contributed by atoms with Gasteiger partial charge in [0.05, 0.1) is 18.3 Å². The second-order valence-corrected chi connectivity index (χ2v) is 5.84. The van der Waals surface area contributed by atoms with Crippen LogP contribution in [0.5, 0.6) is 5.75 Å². The molecule has 24 heavy (non-hydrogen) atoms. The van der Waals surface area contributed by atoms with Gasteiger partial charge in [0.2, 0.25) is 5.89 Å². The Balaban J connectivity index is 1.82. The van der Waals surface area contributed by atoms with Gasteiger partial charge in [-0.05, 0) is 45.4 Å². The Morgan fingerprint density at radius 3 is 2.38 bits per heavy atom. The molecule has 0 atom stereocenters. The Bertz CT molecular complexity index is 655. The number of benzene rings is 1. The minimum absolute atomic E-state index is 0.180. The molecule has 0 aliphatic carbocycles. The molecule has 2 aromatic rings. The summed E-state index contributed by atoms with van der Waals surface area (Å²) < 4.78 is 11.2. The van der Waals surface area contributed by atoms with Gasteiger partial charge < -0.3 is 19.8 Å². The van der Waals surface area contributed by atoms with Crippen LogP contribution in [0.15, 0.2) is 33.7 Å². The second-order valence-electron chi connectivity index (χ2n) is 5.84. The zero-order valence-electron chi connectivity index (χ0n) is 15.0. The summed E-state index contributed by atoms with van der Waals surface area (Å²) in [5.74, 6) is 3.08. The lowest BCUT2D eigenvalue weighted by atomic mass is 10.2. The third-order valence-corrected chi connectivity index (χ3v) is 3.46. The van der Waals surface area contributed by atoms with E-state index in [9.17, 15) is 0 Å². The van der Waals surface area contributed by atoms with E-state index >= 15 is 0 Å². The van der Waals surface area contributed by atoms with Crippen LogP contribution in [-0.4, -0.2) is 24.1 Å². The first-order valence-electron chi connectivity index (χ1n) is 8.11. The molecule has 0 radical (unpaired) electrons. The molecule has 0 bridgehead atoms. The third-order valence-electron chi connectivity index (χ3n) is 3.46. The van der Waals surface area contributed by atoms with Crippen molar-refractivity contribution in [1.29, 1.82) is 0 Å². The number of aryl methyl sites for hydroxylation is 2. The van der Waals surface area contributed by atoms with Gasteiger partial charge in [0.1, 0.15) is 11.5 Å². The van der Waals surface area contributed by atoms with Crippen molar-refractivity contribution >= 4 is 5.96 Å². The van der Waals surface area contributed by atoms with E-state index in [4.69, 9.17) is 9.15 Å². The van der Waals surface area contributed by atoms with E-state index in [2.05, 4.69) is 20.6 Å². The first-order valence-corrected chi connectivity index (χ1v) is 8.11. The first-order chi connectivity index (χ1) is 11.5. The van der Waals surface area contributed by atoms with E-state index in [0.29, 0.717) is 24.9 Å². The highest BCUT2D eigenvalue weighted by molar-refractivity contribution is 5.79. The van der Waals surface area contributed by atoms with Crippen LogP contribution in [0.2, 0.25) is 0 Å². The maximum Gasteiger partial charge on any atom is 0.214 e. The van der Waals surface area contributed by atoms with Gasteiger partial charge in [0, 0.05) is 13.6 Å². The molecule has 0 spiro atoms. The smallest absolute Gasteiger partial charge is 0.214 e. The van der Waals surface area contributed by atoms with Crippen LogP contribution in [0.4, 0.5) is 0 Å². The monoisotopic (exact) mass is 330 g/mol. The third kappa shape index (κ3) is 5.30. The quantitative estimate of drug-likeness (QED) is 0.629. The molecule has 0 amide bonds. The topological polar surface area (TPSA) is 71.7 Å². The van der Waals surface area contributed by atoms with Crippen LogP contribution in [-0.2, 0) is 13.1 Å². The standard InChI is InChI=1S/C18H26N4O2/c1-12(2)23-16-8-6-15(7-9-16)10-20-18(19-5)21-11-17-22-13(3)14(4)24-17/h6-9,12H,10-11H2,1-5H3,(H2,19,20,21). The van der Waals surface area contributed by atoms with Gasteiger partial charge in [-0.15, -0.1) is 0 Å². The van der Waals surface area contributed by atoms with Gasteiger partial charge in [-0.3, -0.25) is 4.99 Å². The van der Waals surface area contributed by atoms with Crippen LogP contribution in [0.1, 0.15) is 36.8 Å². The Hall–Kier alpha value is -2.50. The Morgan fingerprint density at radius 1 is 1.17 bits per heavy atom. The van der Waals surface area contributed by atoms with Crippen LogP contribution >= 0.6 is 0 Å². The van der Waals surface area contributed by atoms with Gasteiger partial charge in [-0.25, -0.2) is 4.98 Å². The predicted molar refractivity (Wildman–Crippen MR) is 95.2 cm³/mol. The van der Waals surface area contributed by atoms with E-state index in [1.165, 1.54) is 0 Å². The van der Waals surface area contributed by atoms with Crippen molar-refractivity contribution in [3.8, 4) is 5.75 Å². The average molecular weight is 330 g/mol. The molecule has 2 rings (SSSR count). The Kier molecular flexibility index (Phi) is 6.23. The molecule has 1 heterocycles. The lowest BCUT2D eigenvalue weighted by Gasteiger charge is -2.12. The predicted octanol–water partition coefficient (Wildman–Crippen LogP) is 2.94. The van der Waals surface area contributed by atoms with E-state index in [-0.39, 0.29) is 6.10 Å². The maximum absolute atomic E-state index is 5.64. The molecule has 1 aromatic carbocycles. The molecule has 2 N–H and O–H groups in total. The van der Waals surface area contributed by atoms with Crippen LogP contribution in [0.3, 0.4) is 0 Å². The van der Waals surface area contributed by atoms with E-state index in [0.717, 1.165) is 22.8 Å². The zero-order chi connectivity index (χ0) is 17.5. The fraction of sp³-hybridized carbons (Fsp3) is 0.444. The molecule has 6 nitrogen and oxygen atoms in total. The molecular formula is C18H26N4O2. The van der Waals surface area contributed by atoms with Gasteiger partial charge in [-0.1, -0.05) is 12.1 Å². The van der Waals surface area contributed by atoms with Crippen LogP contribution < -0.4 is 15.4 Å². The van der Waals surface area contributed by atoms with Crippen molar-refractivity contribution in [3.05, 3.63) is 47.2 Å². The molecule has 6 heteroatoms. The minimum Gasteiger partial charge on any atom is -0.491 e. The van der Waals surface area contributed by atoms with Gasteiger partial charge in [0.25, 0.3) is 0 Å². The summed E-state index contributed by atoms with van der Waals surface area (Å²) in [7, 11) is 1.74. The maximum atomic E-state index is 5.64. The lowest BCUT2D eigenvalue weighted by molar-refractivity contribution is 0.242. The summed E-state index contributed by atoms with van der Waals surface area (Å²) in [6, 6.07) is 8.04. The van der Waals surface area contributed by atoms with Crippen molar-refractivity contribution in [2.45, 2.75) is 46.9 Å². The molecule has 0 fully saturated rings. The van der Waals surface area contributed by atoms with Gasteiger partial charge in [0.15, 0.2) is 5.96 Å². The van der Waals surface area contributed by atoms with Crippen molar-refractivity contribution in [2.75, 3.05) is 7.05 Å². The number of rotatable bonds is 6. The summed E-state index contributed by atoms with van der Waals surface area (Å²) in [4.78, 5) is 8.55. The highest BCUT2D eigenvalue weighted by Crippen LogP contribution is 2.13. The number of nitrogens with zero attached hydrogens (tertiary/aromatic N) is 2. The first kappa shape index (κ1) is 17.8. The minimum atomic E-state index is 0.180. The summed E-state index contributed by atoms with van der Waals surface area (Å²) in [6.07, 6.45) is 0.180. The molecule has 130 valence electrons. The van der Waals surface area contributed by atoms with Crippen LogP contribution in [0, 0.1) is 13.8 Å². The molecule has 0 aliphatic heterocycles. The fourth-order valence-corrected chi connectivity index (χ4v) is 2.14. The molecular weight excluding hydrogens is 304 g/mol. The number of hydrogen-bond acceptors (Lipinski definition) is 4. The SMILES string of the molecule is CN=C(NCc1ccc(OC(C)C)cc1)NCc1nc(C)c(C)o1. The largest absolute Gasteiger partial charge is 0.491 e. The summed E-state index contributed by atoms with van der Waals surface area (Å²) in [6.45, 7) is 9.04. The van der Waals surface area contributed by atoms with Gasteiger partial charge in [-0.2, -0.15) is 0 Å². The Morgan fingerprint density at radius 2 is 1.83 bits per heavy atom. The number of hydrogen-bond donors (Lipinski definition) is 2. The van der Waals surface area contributed by atoms with Gasteiger partial charge >= 0.3 is 0 Å². The lowest BCUT2D eigenvalue weighted by Crippen LogP contribution is -2.36. The number of guanidine groups is 1. The van der Waals surface area contributed by atoms with Crippen LogP contribution in [0.25, 0.3) is 0 Å². The van der Waals surface area contributed by atoms with Crippen molar-refractivity contribution in [1.82, 2.24) is 15.6 Å². The molecule has 0 saturated heterocycles. The normalized spacial score (nSPS) is 11.7. The molecule has 1 aromatic heterocycles. The summed E-state index contributed by atoms with van der Waals surface area (Å²) in [5, 5.41) is 6.46. The number of nitrogens with one attached hydrogen (secondary N) is 2. The number of aromatic nitrogens is 1. The zero-order valence-corrected chi connectivity index (χ0v) is 15.0. The number of oxazole rings is 1. The van der Waals surface area contributed by atoms with Crippen molar-refractivity contribution in [2.24, 2.45) is 4.99 Å². The highest BCUT2D eigenvalue weighted by Gasteiger charge is 2.06. The summed E-state index contributed by atoms with van der Waals surface area (Å²) >= 11 is 0. The second kappa shape index (κ2) is 8.38. The fourth-order valence-electron chi connectivity index (χ4n) is 2.14. The highest BCUT2D eigenvalue weighted by atomic mass is 16.5. The number of aliphatic imine (C=N–C) groups is 1. The molecule has 0 aliphatic rings.